The molecule has 1 atom stereocenters. The molecule has 1 aromatic rings. The van der Waals surface area contributed by atoms with Crippen LogP contribution in [-0.4, -0.2) is 44.6 Å². The molecule has 1 N–H and O–H groups in total. The van der Waals surface area contributed by atoms with Gasteiger partial charge in [0.05, 0.1) is 11.4 Å². The van der Waals surface area contributed by atoms with Crippen LogP contribution in [-0.2, 0) is 14.8 Å². The molecular formula is C14H18N2O4S. The Bertz CT molecular complexity index is 655. The van der Waals surface area contributed by atoms with E-state index in [0.29, 0.717) is 6.54 Å². The van der Waals surface area contributed by atoms with Crippen molar-refractivity contribution >= 4 is 16.1 Å². The standard InChI is InChI=1S/C14H18N2O4S/c1-10-3-2-4-13(7-10)21(18,19)15-8-12-9-16(11-5-6-11)14(17)20-12/h2-4,7,11-12,15H,5-6,8-9H2,1H3. The molecule has 6 nitrogen and oxygen atoms in total. The summed E-state index contributed by atoms with van der Waals surface area (Å²) in [5, 5.41) is 0. The van der Waals surface area contributed by atoms with Crippen molar-refractivity contribution in [2.75, 3.05) is 13.1 Å². The topological polar surface area (TPSA) is 75.7 Å². The van der Waals surface area contributed by atoms with Crippen molar-refractivity contribution in [3.05, 3.63) is 29.8 Å². The van der Waals surface area contributed by atoms with Gasteiger partial charge in [0.1, 0.15) is 6.10 Å². The van der Waals surface area contributed by atoms with E-state index in [1.54, 1.807) is 23.1 Å². The summed E-state index contributed by atoms with van der Waals surface area (Å²) in [6, 6.07) is 6.99. The quantitative estimate of drug-likeness (QED) is 0.888. The van der Waals surface area contributed by atoms with Gasteiger partial charge in [-0.2, -0.15) is 0 Å². The van der Waals surface area contributed by atoms with E-state index in [2.05, 4.69) is 4.72 Å². The molecule has 1 aromatic carbocycles. The van der Waals surface area contributed by atoms with Crippen LogP contribution in [0.5, 0.6) is 0 Å². The van der Waals surface area contributed by atoms with Gasteiger partial charge in [0.2, 0.25) is 10.0 Å². The first-order valence-electron chi connectivity index (χ1n) is 6.99. The molecule has 114 valence electrons. The van der Waals surface area contributed by atoms with Crippen molar-refractivity contribution in [1.29, 1.82) is 0 Å². The zero-order valence-electron chi connectivity index (χ0n) is 11.8. The molecule has 0 radical (unpaired) electrons. The molecule has 2 aliphatic rings. The third-order valence-electron chi connectivity index (χ3n) is 3.69. The smallest absolute Gasteiger partial charge is 0.410 e. The molecular weight excluding hydrogens is 292 g/mol. The second-order valence-electron chi connectivity index (χ2n) is 5.56. The van der Waals surface area contributed by atoms with Gasteiger partial charge in [-0.05, 0) is 37.5 Å². The number of carbonyl (C=O) groups excluding carboxylic acids is 1. The third-order valence-corrected chi connectivity index (χ3v) is 5.11. The first-order chi connectivity index (χ1) is 9.95. The normalized spacial score (nSPS) is 22.4. The lowest BCUT2D eigenvalue weighted by molar-refractivity contribution is 0.133. The van der Waals surface area contributed by atoms with Crippen molar-refractivity contribution in [2.45, 2.75) is 36.8 Å². The van der Waals surface area contributed by atoms with Crippen molar-refractivity contribution < 1.29 is 17.9 Å². The van der Waals surface area contributed by atoms with E-state index in [4.69, 9.17) is 4.74 Å². The van der Waals surface area contributed by atoms with E-state index in [1.165, 1.54) is 0 Å². The Morgan fingerprint density at radius 3 is 2.81 bits per heavy atom. The van der Waals surface area contributed by atoms with Gasteiger partial charge in [-0.25, -0.2) is 17.9 Å². The Kier molecular flexibility index (Phi) is 3.62. The first-order valence-corrected chi connectivity index (χ1v) is 8.47. The van der Waals surface area contributed by atoms with E-state index in [1.807, 2.05) is 13.0 Å². The number of rotatable bonds is 5. The second kappa shape index (κ2) is 5.31. The second-order valence-corrected chi connectivity index (χ2v) is 7.32. The fraction of sp³-hybridized carbons (Fsp3) is 0.500. The number of nitrogens with zero attached hydrogens (tertiary/aromatic N) is 1. The summed E-state index contributed by atoms with van der Waals surface area (Å²) in [5.74, 6) is 0. The molecule has 1 saturated carbocycles. The fourth-order valence-electron chi connectivity index (χ4n) is 2.40. The van der Waals surface area contributed by atoms with Crippen LogP contribution in [0.4, 0.5) is 4.79 Å². The first kappa shape index (κ1) is 14.3. The van der Waals surface area contributed by atoms with E-state index in [9.17, 15) is 13.2 Å². The minimum Gasteiger partial charge on any atom is -0.443 e. The molecule has 2 fully saturated rings. The number of nitrogens with one attached hydrogen (secondary N) is 1. The minimum atomic E-state index is -3.57. The molecule has 21 heavy (non-hydrogen) atoms. The molecule has 1 amide bonds. The predicted molar refractivity (Wildman–Crippen MR) is 76.4 cm³/mol. The molecule has 0 bridgehead atoms. The monoisotopic (exact) mass is 310 g/mol. The van der Waals surface area contributed by atoms with Gasteiger partial charge in [0, 0.05) is 12.6 Å². The zero-order chi connectivity index (χ0) is 15.0. The highest BCUT2D eigenvalue weighted by Crippen LogP contribution is 2.30. The molecule has 0 aromatic heterocycles. The van der Waals surface area contributed by atoms with Gasteiger partial charge in [0.25, 0.3) is 0 Å². The Morgan fingerprint density at radius 1 is 1.38 bits per heavy atom. The van der Waals surface area contributed by atoms with Crippen molar-refractivity contribution in [2.24, 2.45) is 0 Å². The van der Waals surface area contributed by atoms with Gasteiger partial charge in [-0.15, -0.1) is 0 Å². The third kappa shape index (κ3) is 3.19. The zero-order valence-corrected chi connectivity index (χ0v) is 12.6. The van der Waals surface area contributed by atoms with Crippen LogP contribution in [0.1, 0.15) is 18.4 Å². The van der Waals surface area contributed by atoms with Gasteiger partial charge in [-0.1, -0.05) is 12.1 Å². The predicted octanol–water partition coefficient (Wildman–Crippen LogP) is 1.26. The van der Waals surface area contributed by atoms with E-state index < -0.39 is 16.1 Å². The maximum absolute atomic E-state index is 12.2. The Morgan fingerprint density at radius 2 is 2.14 bits per heavy atom. The highest BCUT2D eigenvalue weighted by Gasteiger charge is 2.41. The number of benzene rings is 1. The summed E-state index contributed by atoms with van der Waals surface area (Å²) in [4.78, 5) is 13.5. The lowest BCUT2D eigenvalue weighted by Crippen LogP contribution is -2.35. The molecule has 3 rings (SSSR count). The molecule has 0 spiro atoms. The largest absolute Gasteiger partial charge is 0.443 e. The highest BCUT2D eigenvalue weighted by atomic mass is 32.2. The Labute approximate surface area is 124 Å². The number of ether oxygens (including phenoxy) is 1. The van der Waals surface area contributed by atoms with Crippen molar-refractivity contribution in [3.63, 3.8) is 0 Å². The van der Waals surface area contributed by atoms with Crippen LogP contribution in [0.3, 0.4) is 0 Å². The molecule has 1 aliphatic heterocycles. The van der Waals surface area contributed by atoms with Crippen LogP contribution >= 0.6 is 0 Å². The summed E-state index contributed by atoms with van der Waals surface area (Å²) in [6.07, 6.45) is 1.27. The van der Waals surface area contributed by atoms with Crippen molar-refractivity contribution in [3.8, 4) is 0 Å². The molecule has 7 heteroatoms. The fourth-order valence-corrected chi connectivity index (χ4v) is 3.57. The Balaban J connectivity index is 1.61. The average molecular weight is 310 g/mol. The number of hydrogen-bond donors (Lipinski definition) is 1. The highest BCUT2D eigenvalue weighted by molar-refractivity contribution is 7.89. The molecule has 1 aliphatic carbocycles. The summed E-state index contributed by atoms with van der Waals surface area (Å²) in [7, 11) is -3.57. The summed E-state index contributed by atoms with van der Waals surface area (Å²) < 4.78 is 32.1. The SMILES string of the molecule is Cc1cccc(S(=O)(=O)NCC2CN(C3CC3)C(=O)O2)c1. The van der Waals surface area contributed by atoms with Crippen LogP contribution in [0, 0.1) is 6.92 Å². The lowest BCUT2D eigenvalue weighted by atomic mass is 10.2. The molecule has 1 saturated heterocycles. The number of cyclic esters (lactones) is 1. The van der Waals surface area contributed by atoms with Crippen LogP contribution < -0.4 is 4.72 Å². The summed E-state index contributed by atoms with van der Waals surface area (Å²) in [6.45, 7) is 2.40. The van der Waals surface area contributed by atoms with E-state index in [-0.39, 0.29) is 23.6 Å². The molecule has 1 heterocycles. The van der Waals surface area contributed by atoms with Gasteiger partial charge in [-0.3, -0.25) is 0 Å². The number of aryl methyl sites for hydroxylation is 1. The van der Waals surface area contributed by atoms with Gasteiger partial charge in [0.15, 0.2) is 0 Å². The maximum atomic E-state index is 12.2. The summed E-state index contributed by atoms with van der Waals surface area (Å²) >= 11 is 0. The van der Waals surface area contributed by atoms with E-state index >= 15 is 0 Å². The van der Waals surface area contributed by atoms with Crippen LogP contribution in [0.2, 0.25) is 0 Å². The average Bonchev–Trinajstić information content (AvgIpc) is 3.20. The maximum Gasteiger partial charge on any atom is 0.410 e. The summed E-state index contributed by atoms with van der Waals surface area (Å²) in [5.41, 5.74) is 0.880. The Hall–Kier alpha value is -1.60. The van der Waals surface area contributed by atoms with Gasteiger partial charge < -0.3 is 9.64 Å². The molecule has 1 unspecified atom stereocenters. The van der Waals surface area contributed by atoms with E-state index in [0.717, 1.165) is 18.4 Å². The van der Waals surface area contributed by atoms with Crippen molar-refractivity contribution in [1.82, 2.24) is 9.62 Å². The lowest BCUT2D eigenvalue weighted by Gasteiger charge is -2.12. The van der Waals surface area contributed by atoms with Crippen LogP contribution in [0.25, 0.3) is 0 Å². The van der Waals surface area contributed by atoms with Gasteiger partial charge >= 0.3 is 6.09 Å². The number of amides is 1. The minimum absolute atomic E-state index is 0.102. The number of hydrogen-bond acceptors (Lipinski definition) is 4. The number of carbonyl (C=O) groups is 1. The number of sulfonamides is 1. The van der Waals surface area contributed by atoms with Crippen LogP contribution in [0.15, 0.2) is 29.2 Å².